The number of sulfonamides is 1. The Bertz CT molecular complexity index is 1090. The molecule has 2 aromatic rings. The zero-order valence-corrected chi connectivity index (χ0v) is 18.7. The fourth-order valence-electron chi connectivity index (χ4n) is 2.62. The average Bonchev–Trinajstić information content (AvgIpc) is 2.75. The van der Waals surface area contributed by atoms with Crippen LogP contribution in [0, 0.1) is 0 Å². The number of rotatable bonds is 11. The third-order valence-corrected chi connectivity index (χ3v) is 5.70. The van der Waals surface area contributed by atoms with Gasteiger partial charge in [-0.2, -0.15) is 13.2 Å². The number of carbonyl (C=O) groups excluding carboxylic acids is 2. The molecule has 0 saturated heterocycles. The molecule has 8 nitrogen and oxygen atoms in total. The molecule has 0 unspecified atom stereocenters. The lowest BCUT2D eigenvalue weighted by atomic mass is 10.1. The second kappa shape index (κ2) is 11.1. The number of hydrogen-bond acceptors (Lipinski definition) is 6. The van der Waals surface area contributed by atoms with E-state index < -0.39 is 22.7 Å². The van der Waals surface area contributed by atoms with Crippen molar-refractivity contribution in [2.75, 3.05) is 25.6 Å². The van der Waals surface area contributed by atoms with E-state index in [9.17, 15) is 31.2 Å². The number of ketones is 1. The van der Waals surface area contributed by atoms with E-state index >= 15 is 0 Å². The molecule has 0 radical (unpaired) electrons. The lowest BCUT2D eigenvalue weighted by Crippen LogP contribution is -2.33. The predicted molar refractivity (Wildman–Crippen MR) is 114 cm³/mol. The van der Waals surface area contributed by atoms with Gasteiger partial charge in [0, 0.05) is 17.7 Å². The summed E-state index contributed by atoms with van der Waals surface area (Å²) in [6, 6.07) is 9.51. The molecule has 33 heavy (non-hydrogen) atoms. The Morgan fingerprint density at radius 2 is 1.70 bits per heavy atom. The van der Waals surface area contributed by atoms with Gasteiger partial charge in [-0.3, -0.25) is 9.59 Å². The van der Waals surface area contributed by atoms with Gasteiger partial charge in [-0.05, 0) is 55.8 Å². The quantitative estimate of drug-likeness (QED) is 0.370. The smallest absolute Gasteiger partial charge is 0.402 e. The van der Waals surface area contributed by atoms with E-state index in [1.54, 1.807) is 18.2 Å². The summed E-state index contributed by atoms with van der Waals surface area (Å²) in [4.78, 5) is 23.1. The number of ether oxygens (including phenoxy) is 2. The summed E-state index contributed by atoms with van der Waals surface area (Å²) >= 11 is 0. The molecule has 0 fully saturated rings. The van der Waals surface area contributed by atoms with Crippen molar-refractivity contribution < 1.29 is 40.7 Å². The van der Waals surface area contributed by atoms with E-state index in [4.69, 9.17) is 9.47 Å². The number of hydrogen-bond donors (Lipinski definition) is 2. The maximum absolute atomic E-state index is 12.2. The van der Waals surface area contributed by atoms with Crippen molar-refractivity contribution >= 4 is 27.4 Å². The van der Waals surface area contributed by atoms with Crippen LogP contribution in [0.3, 0.4) is 0 Å². The molecule has 0 aliphatic heterocycles. The normalized spacial score (nSPS) is 11.7. The lowest BCUT2D eigenvalue weighted by Gasteiger charge is -2.12. The topological polar surface area (TPSA) is 111 Å². The van der Waals surface area contributed by atoms with Crippen molar-refractivity contribution in [2.45, 2.75) is 30.8 Å². The summed E-state index contributed by atoms with van der Waals surface area (Å²) < 4.78 is 72.6. The van der Waals surface area contributed by atoms with E-state index in [0.29, 0.717) is 23.5 Å². The Morgan fingerprint density at radius 1 is 1.03 bits per heavy atom. The highest BCUT2D eigenvalue weighted by molar-refractivity contribution is 7.89. The van der Waals surface area contributed by atoms with Crippen LogP contribution < -0.4 is 19.5 Å². The van der Waals surface area contributed by atoms with Gasteiger partial charge < -0.3 is 14.8 Å². The summed E-state index contributed by atoms with van der Waals surface area (Å²) in [5.74, 6) is 0.355. The fraction of sp³-hybridized carbons (Fsp3) is 0.333. The van der Waals surface area contributed by atoms with Crippen molar-refractivity contribution in [3.63, 3.8) is 0 Å². The molecular weight excluding hydrogens is 465 g/mol. The Morgan fingerprint density at radius 3 is 2.27 bits per heavy atom. The van der Waals surface area contributed by atoms with Crippen molar-refractivity contribution in [3.05, 3.63) is 48.0 Å². The van der Waals surface area contributed by atoms with Gasteiger partial charge in [0.15, 0.2) is 17.3 Å². The number of benzene rings is 2. The molecule has 2 aromatic carbocycles. The number of amides is 1. The highest BCUT2D eigenvalue weighted by Gasteiger charge is 2.30. The molecule has 2 rings (SSSR count). The van der Waals surface area contributed by atoms with Crippen molar-refractivity contribution in [1.82, 2.24) is 4.72 Å². The molecule has 0 bridgehead atoms. The minimum absolute atomic E-state index is 0.0982. The van der Waals surface area contributed by atoms with E-state index in [1.165, 1.54) is 30.9 Å². The number of carbonyl (C=O) groups is 2. The van der Waals surface area contributed by atoms with Crippen LogP contribution in [0.2, 0.25) is 0 Å². The van der Waals surface area contributed by atoms with Crippen LogP contribution in [0.4, 0.5) is 18.9 Å². The molecule has 0 spiro atoms. The average molecular weight is 488 g/mol. The van der Waals surface area contributed by atoms with Gasteiger partial charge >= 0.3 is 6.18 Å². The molecule has 2 N–H and O–H groups in total. The molecule has 0 aliphatic rings. The van der Waals surface area contributed by atoms with E-state index in [1.807, 2.05) is 0 Å². The Kier molecular flexibility index (Phi) is 8.83. The second-order valence-corrected chi connectivity index (χ2v) is 8.65. The predicted octanol–water partition coefficient (Wildman–Crippen LogP) is 3.54. The SMILES string of the molecule is COc1cc(C(C)=O)ccc1OCCCC(=O)Nc1ccc(S(=O)(=O)NCC(F)(F)F)cc1. The number of anilines is 1. The molecule has 0 saturated carbocycles. The van der Waals surface area contributed by atoms with Crippen molar-refractivity contribution in [3.8, 4) is 11.5 Å². The standard InChI is InChI=1S/C21H23F3N2O6S/c1-14(27)15-5-10-18(19(12-15)31-2)32-11-3-4-20(28)26-16-6-8-17(9-7-16)33(29,30)25-13-21(22,23)24/h5-10,12,25H,3-4,11,13H2,1-2H3,(H,26,28). The maximum atomic E-state index is 12.2. The van der Waals surface area contributed by atoms with E-state index in [0.717, 1.165) is 12.1 Å². The molecule has 1 amide bonds. The number of methoxy groups -OCH3 is 1. The van der Waals surface area contributed by atoms with Crippen LogP contribution in [-0.4, -0.2) is 46.5 Å². The van der Waals surface area contributed by atoms with Crippen LogP contribution in [0.25, 0.3) is 0 Å². The van der Waals surface area contributed by atoms with Gasteiger partial charge in [0.05, 0.1) is 18.6 Å². The minimum Gasteiger partial charge on any atom is -0.493 e. The number of alkyl halides is 3. The van der Waals surface area contributed by atoms with Crippen LogP contribution in [0.15, 0.2) is 47.4 Å². The first-order valence-electron chi connectivity index (χ1n) is 9.69. The second-order valence-electron chi connectivity index (χ2n) is 6.89. The fourth-order valence-corrected chi connectivity index (χ4v) is 3.64. The monoisotopic (exact) mass is 488 g/mol. The van der Waals surface area contributed by atoms with Gasteiger partial charge in [0.25, 0.3) is 0 Å². The Balaban J connectivity index is 1.83. The highest BCUT2D eigenvalue weighted by Crippen LogP contribution is 2.28. The molecule has 12 heteroatoms. The highest BCUT2D eigenvalue weighted by atomic mass is 32.2. The number of Topliss-reactive ketones (excluding diaryl/α,β-unsaturated/α-hetero) is 1. The zero-order chi connectivity index (χ0) is 24.6. The first-order valence-corrected chi connectivity index (χ1v) is 11.2. The number of halogens is 3. The third kappa shape index (κ3) is 8.39. The van der Waals surface area contributed by atoms with Crippen molar-refractivity contribution in [2.24, 2.45) is 0 Å². The molecule has 0 heterocycles. The van der Waals surface area contributed by atoms with E-state index in [2.05, 4.69) is 5.32 Å². The summed E-state index contributed by atoms with van der Waals surface area (Å²) in [5.41, 5.74) is 0.769. The van der Waals surface area contributed by atoms with Crippen LogP contribution in [-0.2, 0) is 14.8 Å². The maximum Gasteiger partial charge on any atom is 0.402 e. The van der Waals surface area contributed by atoms with Gasteiger partial charge in [0.1, 0.15) is 6.54 Å². The van der Waals surface area contributed by atoms with Crippen LogP contribution >= 0.6 is 0 Å². The molecule has 0 aromatic heterocycles. The zero-order valence-electron chi connectivity index (χ0n) is 17.9. The third-order valence-electron chi connectivity index (χ3n) is 4.29. The molecule has 0 atom stereocenters. The van der Waals surface area contributed by atoms with Gasteiger partial charge in [-0.1, -0.05) is 0 Å². The van der Waals surface area contributed by atoms with Gasteiger partial charge in [-0.15, -0.1) is 0 Å². The van der Waals surface area contributed by atoms with Gasteiger partial charge in [-0.25, -0.2) is 13.1 Å². The Labute approximate surface area is 189 Å². The van der Waals surface area contributed by atoms with Crippen LogP contribution in [0.1, 0.15) is 30.1 Å². The summed E-state index contributed by atoms with van der Waals surface area (Å²) in [6.07, 6.45) is -4.22. The molecule has 0 aliphatic carbocycles. The molecular formula is C21H23F3N2O6S. The summed E-state index contributed by atoms with van der Waals surface area (Å²) in [7, 11) is -2.88. The lowest BCUT2D eigenvalue weighted by molar-refractivity contribution is -0.121. The minimum atomic E-state index is -4.67. The summed E-state index contributed by atoms with van der Waals surface area (Å²) in [5, 5.41) is 2.57. The largest absolute Gasteiger partial charge is 0.493 e. The van der Waals surface area contributed by atoms with Gasteiger partial charge in [0.2, 0.25) is 15.9 Å². The Hall–Kier alpha value is -3.12. The first-order chi connectivity index (χ1) is 15.4. The first kappa shape index (κ1) is 26.1. The van der Waals surface area contributed by atoms with Crippen molar-refractivity contribution in [1.29, 1.82) is 0 Å². The van der Waals surface area contributed by atoms with E-state index in [-0.39, 0.29) is 35.3 Å². The van der Waals surface area contributed by atoms with Crippen LogP contribution in [0.5, 0.6) is 11.5 Å². The molecule has 180 valence electrons. The number of nitrogens with one attached hydrogen (secondary N) is 2. The summed E-state index contributed by atoms with van der Waals surface area (Å²) in [6.45, 7) is -0.0425.